The molecule has 1 aromatic carbocycles. The van der Waals surface area contributed by atoms with Crippen LogP contribution in [0.4, 0.5) is 0 Å². The highest BCUT2D eigenvalue weighted by Crippen LogP contribution is 2.29. The van der Waals surface area contributed by atoms with Gasteiger partial charge in [0.1, 0.15) is 0 Å². The first-order valence-corrected chi connectivity index (χ1v) is 5.99. The standard InChI is InChI=1S/C12H15BrO/c1-2-11-12(14-11)7-6-9-4-3-5-10(13)8-9/h3-5,8,11-12H,2,6-7H2,1H3. The molecular formula is C12H15BrO. The van der Waals surface area contributed by atoms with Gasteiger partial charge in [0.25, 0.3) is 0 Å². The number of hydrogen-bond acceptors (Lipinski definition) is 1. The first kappa shape index (κ1) is 10.2. The second kappa shape index (κ2) is 4.45. The molecule has 0 amide bonds. The monoisotopic (exact) mass is 254 g/mol. The van der Waals surface area contributed by atoms with Crippen LogP contribution in [0.2, 0.25) is 0 Å². The van der Waals surface area contributed by atoms with Gasteiger partial charge < -0.3 is 4.74 Å². The summed E-state index contributed by atoms with van der Waals surface area (Å²) >= 11 is 3.48. The Kier molecular flexibility index (Phi) is 3.24. The van der Waals surface area contributed by atoms with E-state index in [-0.39, 0.29) is 0 Å². The second-order valence-electron chi connectivity index (χ2n) is 3.79. The van der Waals surface area contributed by atoms with Crippen LogP contribution in [-0.4, -0.2) is 12.2 Å². The molecule has 1 saturated heterocycles. The van der Waals surface area contributed by atoms with Gasteiger partial charge in [0.15, 0.2) is 0 Å². The van der Waals surface area contributed by atoms with Crippen molar-refractivity contribution < 1.29 is 4.74 Å². The molecule has 2 atom stereocenters. The quantitative estimate of drug-likeness (QED) is 0.749. The average molecular weight is 255 g/mol. The fourth-order valence-corrected chi connectivity index (χ4v) is 2.24. The maximum atomic E-state index is 5.51. The second-order valence-corrected chi connectivity index (χ2v) is 4.71. The molecule has 2 heteroatoms. The largest absolute Gasteiger partial charge is 0.370 e. The van der Waals surface area contributed by atoms with Gasteiger partial charge in [-0.05, 0) is 37.0 Å². The Morgan fingerprint density at radius 2 is 2.21 bits per heavy atom. The summed E-state index contributed by atoms with van der Waals surface area (Å²) in [6.07, 6.45) is 4.51. The van der Waals surface area contributed by atoms with E-state index in [0.29, 0.717) is 12.2 Å². The normalized spacial score (nSPS) is 25.0. The van der Waals surface area contributed by atoms with Gasteiger partial charge in [0.05, 0.1) is 12.2 Å². The van der Waals surface area contributed by atoms with E-state index in [4.69, 9.17) is 4.74 Å². The molecule has 1 nitrogen and oxygen atoms in total. The van der Waals surface area contributed by atoms with Crippen LogP contribution >= 0.6 is 15.9 Å². The van der Waals surface area contributed by atoms with Gasteiger partial charge in [0, 0.05) is 4.47 Å². The van der Waals surface area contributed by atoms with Crippen molar-refractivity contribution in [1.82, 2.24) is 0 Å². The summed E-state index contributed by atoms with van der Waals surface area (Å²) in [5.74, 6) is 0. The van der Waals surface area contributed by atoms with Crippen molar-refractivity contribution in [3.63, 3.8) is 0 Å². The van der Waals surface area contributed by atoms with Crippen LogP contribution < -0.4 is 0 Å². The van der Waals surface area contributed by atoms with Gasteiger partial charge in [0.2, 0.25) is 0 Å². The molecular weight excluding hydrogens is 240 g/mol. The SMILES string of the molecule is CCC1OC1CCc1cccc(Br)c1. The highest BCUT2D eigenvalue weighted by molar-refractivity contribution is 9.10. The van der Waals surface area contributed by atoms with Gasteiger partial charge >= 0.3 is 0 Å². The highest BCUT2D eigenvalue weighted by atomic mass is 79.9. The van der Waals surface area contributed by atoms with Crippen LogP contribution in [0.5, 0.6) is 0 Å². The molecule has 1 aliphatic heterocycles. The minimum atomic E-state index is 0.527. The number of aryl methyl sites for hydroxylation is 1. The molecule has 0 N–H and O–H groups in total. The van der Waals surface area contributed by atoms with Crippen molar-refractivity contribution in [2.45, 2.75) is 38.4 Å². The number of epoxide rings is 1. The molecule has 0 aliphatic carbocycles. The summed E-state index contributed by atoms with van der Waals surface area (Å²) in [7, 11) is 0. The molecule has 0 saturated carbocycles. The lowest BCUT2D eigenvalue weighted by atomic mass is 10.1. The lowest BCUT2D eigenvalue weighted by Gasteiger charge is -1.99. The van der Waals surface area contributed by atoms with Crippen LogP contribution in [0.1, 0.15) is 25.3 Å². The van der Waals surface area contributed by atoms with Crippen molar-refractivity contribution >= 4 is 15.9 Å². The zero-order valence-corrected chi connectivity index (χ0v) is 9.96. The number of hydrogen-bond donors (Lipinski definition) is 0. The summed E-state index contributed by atoms with van der Waals surface area (Å²) in [6, 6.07) is 8.51. The Balaban J connectivity index is 1.81. The summed E-state index contributed by atoms with van der Waals surface area (Å²) in [6.45, 7) is 2.18. The third-order valence-electron chi connectivity index (χ3n) is 2.70. The molecule has 2 rings (SSSR count). The fraction of sp³-hybridized carbons (Fsp3) is 0.500. The Morgan fingerprint density at radius 1 is 1.36 bits per heavy atom. The lowest BCUT2D eigenvalue weighted by Crippen LogP contribution is -1.95. The minimum Gasteiger partial charge on any atom is -0.370 e. The maximum Gasteiger partial charge on any atom is 0.0845 e. The average Bonchev–Trinajstić information content (AvgIpc) is 2.93. The van der Waals surface area contributed by atoms with E-state index in [1.165, 1.54) is 10.0 Å². The van der Waals surface area contributed by atoms with Gasteiger partial charge in [-0.3, -0.25) is 0 Å². The Bertz CT molecular complexity index is 311. The van der Waals surface area contributed by atoms with Gasteiger partial charge in [-0.2, -0.15) is 0 Å². The highest BCUT2D eigenvalue weighted by Gasteiger charge is 2.35. The van der Waals surface area contributed by atoms with Crippen molar-refractivity contribution in [3.05, 3.63) is 34.3 Å². The molecule has 14 heavy (non-hydrogen) atoms. The van der Waals surface area contributed by atoms with E-state index in [1.807, 2.05) is 0 Å². The van der Waals surface area contributed by atoms with Crippen molar-refractivity contribution in [1.29, 1.82) is 0 Å². The lowest BCUT2D eigenvalue weighted by molar-refractivity contribution is 0.360. The van der Waals surface area contributed by atoms with E-state index in [0.717, 1.165) is 19.3 Å². The molecule has 0 aromatic heterocycles. The van der Waals surface area contributed by atoms with Crippen LogP contribution in [-0.2, 0) is 11.2 Å². The fourth-order valence-electron chi connectivity index (χ4n) is 1.79. The van der Waals surface area contributed by atoms with Gasteiger partial charge in [-0.25, -0.2) is 0 Å². The molecule has 1 aromatic rings. The van der Waals surface area contributed by atoms with Crippen molar-refractivity contribution in [3.8, 4) is 0 Å². The van der Waals surface area contributed by atoms with Gasteiger partial charge in [-0.15, -0.1) is 0 Å². The minimum absolute atomic E-state index is 0.527. The first-order valence-electron chi connectivity index (χ1n) is 5.19. The van der Waals surface area contributed by atoms with E-state index < -0.39 is 0 Å². The molecule has 0 spiro atoms. The van der Waals surface area contributed by atoms with Gasteiger partial charge in [-0.1, -0.05) is 35.0 Å². The van der Waals surface area contributed by atoms with Crippen molar-refractivity contribution in [2.75, 3.05) is 0 Å². The van der Waals surface area contributed by atoms with Crippen LogP contribution in [0.25, 0.3) is 0 Å². The third-order valence-corrected chi connectivity index (χ3v) is 3.19. The zero-order chi connectivity index (χ0) is 9.97. The van der Waals surface area contributed by atoms with E-state index >= 15 is 0 Å². The number of benzene rings is 1. The molecule has 1 fully saturated rings. The van der Waals surface area contributed by atoms with Crippen LogP contribution in [0, 0.1) is 0 Å². The van der Waals surface area contributed by atoms with Crippen molar-refractivity contribution in [2.24, 2.45) is 0 Å². The molecule has 1 aliphatic rings. The topological polar surface area (TPSA) is 12.5 Å². The van der Waals surface area contributed by atoms with E-state index in [1.54, 1.807) is 0 Å². The smallest absolute Gasteiger partial charge is 0.0845 e. The zero-order valence-electron chi connectivity index (χ0n) is 8.37. The summed E-state index contributed by atoms with van der Waals surface area (Å²) in [4.78, 5) is 0. The first-order chi connectivity index (χ1) is 6.79. The van der Waals surface area contributed by atoms with Crippen LogP contribution in [0.15, 0.2) is 28.7 Å². The molecule has 0 bridgehead atoms. The number of rotatable bonds is 4. The predicted octanol–water partition coefficient (Wildman–Crippen LogP) is 3.56. The Labute approximate surface area is 93.6 Å². The molecule has 0 radical (unpaired) electrons. The number of halogens is 1. The maximum absolute atomic E-state index is 5.51. The molecule has 1 heterocycles. The summed E-state index contributed by atoms with van der Waals surface area (Å²) < 4.78 is 6.67. The Hall–Kier alpha value is -0.340. The van der Waals surface area contributed by atoms with Crippen LogP contribution in [0.3, 0.4) is 0 Å². The summed E-state index contributed by atoms with van der Waals surface area (Å²) in [5.41, 5.74) is 1.39. The van der Waals surface area contributed by atoms with E-state index in [2.05, 4.69) is 47.1 Å². The predicted molar refractivity (Wildman–Crippen MR) is 61.4 cm³/mol. The third kappa shape index (κ3) is 2.58. The summed E-state index contributed by atoms with van der Waals surface area (Å²) in [5, 5.41) is 0. The Morgan fingerprint density at radius 3 is 2.86 bits per heavy atom. The number of ether oxygens (including phenoxy) is 1. The van der Waals surface area contributed by atoms with E-state index in [9.17, 15) is 0 Å². The molecule has 76 valence electrons. The molecule has 2 unspecified atom stereocenters.